The van der Waals surface area contributed by atoms with Crippen LogP contribution in [0.5, 0.6) is 0 Å². The molecule has 0 saturated carbocycles. The van der Waals surface area contributed by atoms with E-state index in [9.17, 15) is 0 Å². The Morgan fingerprint density at radius 2 is 1.11 bits per heavy atom. The first-order valence-electron chi connectivity index (χ1n) is 8.33. The third-order valence-electron chi connectivity index (χ3n) is 3.85. The molecule has 0 heterocycles. The SMILES string of the molecule is CCCCCCCCCCNC(C(C)C)C(C)C. The lowest BCUT2D eigenvalue weighted by atomic mass is 9.93. The Morgan fingerprint density at radius 3 is 1.56 bits per heavy atom. The minimum atomic E-state index is 0.689. The third kappa shape index (κ3) is 9.94. The zero-order chi connectivity index (χ0) is 13.8. The molecule has 0 aromatic heterocycles. The van der Waals surface area contributed by atoms with Gasteiger partial charge in [0.1, 0.15) is 0 Å². The summed E-state index contributed by atoms with van der Waals surface area (Å²) in [4.78, 5) is 0. The molecule has 1 N–H and O–H groups in total. The number of unbranched alkanes of at least 4 members (excludes halogenated alkanes) is 7. The molecule has 0 rings (SSSR count). The molecule has 0 atom stereocenters. The van der Waals surface area contributed by atoms with E-state index in [-0.39, 0.29) is 0 Å². The van der Waals surface area contributed by atoms with Crippen LogP contribution in [0.3, 0.4) is 0 Å². The van der Waals surface area contributed by atoms with Gasteiger partial charge in [-0.3, -0.25) is 0 Å². The maximum Gasteiger partial charge on any atom is 0.0113 e. The molecule has 1 nitrogen and oxygen atoms in total. The van der Waals surface area contributed by atoms with Gasteiger partial charge in [0.15, 0.2) is 0 Å². The van der Waals surface area contributed by atoms with E-state index in [2.05, 4.69) is 39.9 Å². The Balaban J connectivity index is 3.33. The summed E-state index contributed by atoms with van der Waals surface area (Å²) < 4.78 is 0. The predicted molar refractivity (Wildman–Crippen MR) is 84.1 cm³/mol. The van der Waals surface area contributed by atoms with Crippen molar-refractivity contribution in [1.82, 2.24) is 5.32 Å². The average Bonchev–Trinajstić information content (AvgIpc) is 2.30. The summed E-state index contributed by atoms with van der Waals surface area (Å²) in [5.41, 5.74) is 0. The van der Waals surface area contributed by atoms with Gasteiger partial charge in [-0.2, -0.15) is 0 Å². The van der Waals surface area contributed by atoms with E-state index < -0.39 is 0 Å². The molecule has 0 radical (unpaired) electrons. The van der Waals surface area contributed by atoms with Gasteiger partial charge in [-0.25, -0.2) is 0 Å². The van der Waals surface area contributed by atoms with E-state index in [1.807, 2.05) is 0 Å². The molecule has 0 aromatic rings. The van der Waals surface area contributed by atoms with Gasteiger partial charge in [-0.15, -0.1) is 0 Å². The molecule has 18 heavy (non-hydrogen) atoms. The van der Waals surface area contributed by atoms with E-state index in [0.717, 1.165) is 11.8 Å². The Hall–Kier alpha value is -0.0400. The maximum absolute atomic E-state index is 3.73. The molecule has 0 aliphatic heterocycles. The van der Waals surface area contributed by atoms with Crippen LogP contribution in [0, 0.1) is 11.8 Å². The van der Waals surface area contributed by atoms with Crippen LogP contribution in [0.1, 0.15) is 86.0 Å². The van der Waals surface area contributed by atoms with Gasteiger partial charge in [0, 0.05) is 6.04 Å². The highest BCUT2D eigenvalue weighted by Gasteiger charge is 2.15. The highest BCUT2D eigenvalue weighted by molar-refractivity contribution is 4.73. The van der Waals surface area contributed by atoms with E-state index in [1.54, 1.807) is 0 Å². The Kier molecular flexibility index (Phi) is 12.0. The first kappa shape index (κ1) is 18.0. The van der Waals surface area contributed by atoms with Crippen molar-refractivity contribution in [3.63, 3.8) is 0 Å². The van der Waals surface area contributed by atoms with Crippen molar-refractivity contribution in [3.8, 4) is 0 Å². The normalized spacial score (nSPS) is 12.0. The molecule has 0 amide bonds. The molecule has 0 aliphatic rings. The van der Waals surface area contributed by atoms with Crippen molar-refractivity contribution >= 4 is 0 Å². The van der Waals surface area contributed by atoms with Crippen LogP contribution in [0.25, 0.3) is 0 Å². The fourth-order valence-corrected chi connectivity index (χ4v) is 2.77. The van der Waals surface area contributed by atoms with Gasteiger partial charge in [0.2, 0.25) is 0 Å². The minimum Gasteiger partial charge on any atom is -0.313 e. The van der Waals surface area contributed by atoms with Crippen LogP contribution in [0.15, 0.2) is 0 Å². The van der Waals surface area contributed by atoms with Crippen LogP contribution in [0.2, 0.25) is 0 Å². The summed E-state index contributed by atoms with van der Waals surface area (Å²) in [7, 11) is 0. The van der Waals surface area contributed by atoms with Crippen molar-refractivity contribution in [2.45, 2.75) is 92.0 Å². The highest BCUT2D eigenvalue weighted by Crippen LogP contribution is 2.12. The molecule has 0 fully saturated rings. The quantitative estimate of drug-likeness (QED) is 0.461. The summed E-state index contributed by atoms with van der Waals surface area (Å²) in [5, 5.41) is 3.73. The molecule has 0 unspecified atom stereocenters. The lowest BCUT2D eigenvalue weighted by Crippen LogP contribution is -2.38. The van der Waals surface area contributed by atoms with Gasteiger partial charge < -0.3 is 5.32 Å². The third-order valence-corrected chi connectivity index (χ3v) is 3.85. The topological polar surface area (TPSA) is 12.0 Å². The number of hydrogen-bond donors (Lipinski definition) is 1. The summed E-state index contributed by atoms with van der Waals surface area (Å²) in [6, 6.07) is 0.689. The first-order chi connectivity index (χ1) is 8.59. The Bertz CT molecular complexity index is 155. The molecule has 0 spiro atoms. The van der Waals surface area contributed by atoms with Crippen molar-refractivity contribution in [2.24, 2.45) is 11.8 Å². The molecule has 110 valence electrons. The zero-order valence-corrected chi connectivity index (χ0v) is 13.6. The van der Waals surface area contributed by atoms with Gasteiger partial charge in [0.05, 0.1) is 0 Å². The zero-order valence-electron chi connectivity index (χ0n) is 13.6. The fourth-order valence-electron chi connectivity index (χ4n) is 2.77. The second-order valence-corrected chi connectivity index (χ2v) is 6.44. The second-order valence-electron chi connectivity index (χ2n) is 6.44. The van der Waals surface area contributed by atoms with Crippen LogP contribution in [-0.2, 0) is 0 Å². The molecular weight excluding hydrogens is 218 g/mol. The number of rotatable bonds is 12. The van der Waals surface area contributed by atoms with Gasteiger partial charge in [-0.05, 0) is 24.8 Å². The highest BCUT2D eigenvalue weighted by atomic mass is 14.9. The lowest BCUT2D eigenvalue weighted by molar-refractivity contribution is 0.312. The van der Waals surface area contributed by atoms with Gasteiger partial charge in [-0.1, -0.05) is 79.6 Å². The van der Waals surface area contributed by atoms with E-state index in [0.29, 0.717) is 6.04 Å². The smallest absolute Gasteiger partial charge is 0.0113 e. The largest absolute Gasteiger partial charge is 0.313 e. The summed E-state index contributed by atoms with van der Waals surface area (Å²) in [6.07, 6.45) is 11.3. The summed E-state index contributed by atoms with van der Waals surface area (Å²) in [5.74, 6) is 1.50. The lowest BCUT2D eigenvalue weighted by Gasteiger charge is -2.26. The Labute approximate surface area is 116 Å². The van der Waals surface area contributed by atoms with Crippen molar-refractivity contribution in [1.29, 1.82) is 0 Å². The van der Waals surface area contributed by atoms with Crippen molar-refractivity contribution in [2.75, 3.05) is 6.54 Å². The predicted octanol–water partition coefficient (Wildman–Crippen LogP) is 5.40. The monoisotopic (exact) mass is 255 g/mol. The standard InChI is InChI=1S/C17H37N/c1-6-7-8-9-10-11-12-13-14-18-17(15(2)3)16(4)5/h15-18H,6-14H2,1-5H3. The first-order valence-corrected chi connectivity index (χ1v) is 8.33. The maximum atomic E-state index is 3.73. The minimum absolute atomic E-state index is 0.689. The van der Waals surface area contributed by atoms with Crippen molar-refractivity contribution in [3.05, 3.63) is 0 Å². The number of nitrogens with one attached hydrogen (secondary N) is 1. The number of hydrogen-bond acceptors (Lipinski definition) is 1. The molecule has 0 bridgehead atoms. The summed E-state index contributed by atoms with van der Waals surface area (Å²) in [6.45, 7) is 12.8. The Morgan fingerprint density at radius 1 is 0.667 bits per heavy atom. The molecule has 0 aliphatic carbocycles. The molecule has 1 heteroatoms. The molecule has 0 aromatic carbocycles. The van der Waals surface area contributed by atoms with Crippen molar-refractivity contribution < 1.29 is 0 Å². The van der Waals surface area contributed by atoms with Gasteiger partial charge >= 0.3 is 0 Å². The van der Waals surface area contributed by atoms with Crippen LogP contribution in [0.4, 0.5) is 0 Å². The van der Waals surface area contributed by atoms with E-state index in [4.69, 9.17) is 0 Å². The summed E-state index contributed by atoms with van der Waals surface area (Å²) >= 11 is 0. The molecular formula is C17H37N. The van der Waals surface area contributed by atoms with Crippen LogP contribution in [-0.4, -0.2) is 12.6 Å². The average molecular weight is 255 g/mol. The van der Waals surface area contributed by atoms with E-state index >= 15 is 0 Å². The van der Waals surface area contributed by atoms with Gasteiger partial charge in [0.25, 0.3) is 0 Å². The second kappa shape index (κ2) is 12.0. The van der Waals surface area contributed by atoms with Crippen LogP contribution >= 0.6 is 0 Å². The van der Waals surface area contributed by atoms with Crippen LogP contribution < -0.4 is 5.32 Å². The fraction of sp³-hybridized carbons (Fsp3) is 1.00. The molecule has 0 saturated heterocycles. The van der Waals surface area contributed by atoms with E-state index in [1.165, 1.54) is 57.9 Å².